The van der Waals surface area contributed by atoms with E-state index >= 15 is 0 Å². The zero-order valence-corrected chi connectivity index (χ0v) is 23.1. The predicted molar refractivity (Wildman–Crippen MR) is 156 cm³/mol. The van der Waals surface area contributed by atoms with Crippen LogP contribution in [0.15, 0.2) is 73.1 Å². The molecule has 0 saturated carbocycles. The molecule has 5 aromatic rings. The van der Waals surface area contributed by atoms with Crippen molar-refractivity contribution in [3.05, 3.63) is 95.6 Å². The molecule has 204 valence electrons. The van der Waals surface area contributed by atoms with Crippen LogP contribution in [0.3, 0.4) is 0 Å². The number of amides is 2. The molecule has 10 nitrogen and oxygen atoms in total. The van der Waals surface area contributed by atoms with Crippen LogP contribution in [0.4, 0.5) is 22.1 Å². The van der Waals surface area contributed by atoms with E-state index in [-0.39, 0.29) is 22.9 Å². The van der Waals surface area contributed by atoms with Gasteiger partial charge in [-0.15, -0.1) is 0 Å². The van der Waals surface area contributed by atoms with Gasteiger partial charge in [0.25, 0.3) is 0 Å². The van der Waals surface area contributed by atoms with E-state index in [0.717, 1.165) is 17.1 Å². The molecule has 5 rings (SSSR count). The van der Waals surface area contributed by atoms with E-state index in [1.165, 1.54) is 6.33 Å². The fourth-order valence-electron chi connectivity index (χ4n) is 4.45. The Morgan fingerprint density at radius 1 is 0.950 bits per heavy atom. The lowest BCUT2D eigenvalue weighted by molar-refractivity contribution is 0.104. The Bertz CT molecular complexity index is 1710. The molecule has 0 bridgehead atoms. The van der Waals surface area contributed by atoms with Gasteiger partial charge in [-0.3, -0.25) is 10.1 Å². The summed E-state index contributed by atoms with van der Waals surface area (Å²) in [5, 5.41) is 14.8. The van der Waals surface area contributed by atoms with E-state index < -0.39 is 6.03 Å². The van der Waals surface area contributed by atoms with Crippen LogP contribution in [-0.2, 0) is 5.41 Å². The Kier molecular flexibility index (Phi) is 6.85. The molecule has 0 fully saturated rings. The van der Waals surface area contributed by atoms with Gasteiger partial charge in [0, 0.05) is 28.4 Å². The quantitative estimate of drug-likeness (QED) is 0.235. The minimum atomic E-state index is -0.462. The molecule has 10 heteroatoms. The maximum absolute atomic E-state index is 13.6. The summed E-state index contributed by atoms with van der Waals surface area (Å²) in [5.41, 5.74) is 10.2. The van der Waals surface area contributed by atoms with Gasteiger partial charge in [0.15, 0.2) is 11.6 Å². The number of anilines is 3. The second-order valence-corrected chi connectivity index (χ2v) is 10.9. The molecule has 0 spiro atoms. The van der Waals surface area contributed by atoms with Gasteiger partial charge in [0.1, 0.15) is 17.7 Å². The Morgan fingerprint density at radius 3 is 2.40 bits per heavy atom. The molecule has 3 aromatic heterocycles. The number of benzene rings is 2. The number of rotatable bonds is 6. The van der Waals surface area contributed by atoms with Crippen molar-refractivity contribution >= 4 is 34.7 Å². The van der Waals surface area contributed by atoms with Crippen LogP contribution in [0.5, 0.6) is 0 Å². The van der Waals surface area contributed by atoms with E-state index in [1.54, 1.807) is 39.5 Å². The highest BCUT2D eigenvalue weighted by Gasteiger charge is 2.23. The highest BCUT2D eigenvalue weighted by molar-refractivity contribution is 6.15. The van der Waals surface area contributed by atoms with Crippen molar-refractivity contribution in [1.82, 2.24) is 24.4 Å². The molecule has 0 aliphatic carbocycles. The average molecular weight is 537 g/mol. The van der Waals surface area contributed by atoms with Crippen LogP contribution in [0.2, 0.25) is 0 Å². The summed E-state index contributed by atoms with van der Waals surface area (Å²) < 4.78 is 3.37. The normalized spacial score (nSPS) is 11.7. The van der Waals surface area contributed by atoms with E-state index in [0.29, 0.717) is 28.1 Å². The first-order valence-electron chi connectivity index (χ1n) is 13.0. The van der Waals surface area contributed by atoms with Crippen LogP contribution in [0, 0.1) is 0 Å². The molecule has 0 radical (unpaired) electrons. The monoisotopic (exact) mass is 536 g/mol. The highest BCUT2D eigenvalue weighted by atomic mass is 16.2. The molecular formula is C30H32N8O2. The van der Waals surface area contributed by atoms with Crippen molar-refractivity contribution in [2.45, 2.75) is 46.0 Å². The molecular weight excluding hydrogens is 504 g/mol. The fourth-order valence-corrected chi connectivity index (χ4v) is 4.45. The Balaban J connectivity index is 1.41. The van der Waals surface area contributed by atoms with Crippen molar-refractivity contribution in [3.63, 3.8) is 0 Å². The van der Waals surface area contributed by atoms with Crippen LogP contribution in [0.1, 0.15) is 67.8 Å². The number of nitrogen functional groups attached to an aromatic ring is 1. The zero-order chi connectivity index (χ0) is 28.6. The van der Waals surface area contributed by atoms with Crippen molar-refractivity contribution in [2.75, 3.05) is 16.4 Å². The fraction of sp³-hybridized carbons (Fsp3) is 0.233. The summed E-state index contributed by atoms with van der Waals surface area (Å²) in [5.74, 6) is 0.622. The number of urea groups is 1. The van der Waals surface area contributed by atoms with Gasteiger partial charge in [0.05, 0.1) is 16.9 Å². The summed E-state index contributed by atoms with van der Waals surface area (Å²) in [6.07, 6.45) is 1.37. The standard InChI is InChI=1S/C30H32N8O2/c1-18(2)23-15-22(26-28(31)32-17-33-38(23)26)27(39)19-10-9-11-20(14-19)34-29(40)35-25-16-24(30(3,4)5)36-37(25)21-12-7-6-8-13-21/h6-18H,1-5H3,(H2,31,32,33)(H2,34,35,40). The maximum atomic E-state index is 13.6. The number of hydrogen-bond donors (Lipinski definition) is 3. The highest BCUT2D eigenvalue weighted by Crippen LogP contribution is 2.29. The Hall–Kier alpha value is -4.99. The van der Waals surface area contributed by atoms with E-state index in [2.05, 4.69) is 41.5 Å². The maximum Gasteiger partial charge on any atom is 0.324 e. The number of para-hydroxylation sites is 1. The van der Waals surface area contributed by atoms with Crippen LogP contribution in [-0.4, -0.2) is 36.2 Å². The Labute approximate surface area is 232 Å². The molecule has 0 unspecified atom stereocenters. The van der Waals surface area contributed by atoms with Crippen molar-refractivity contribution in [1.29, 1.82) is 0 Å². The third-order valence-corrected chi connectivity index (χ3v) is 6.55. The minimum absolute atomic E-state index is 0.114. The van der Waals surface area contributed by atoms with Gasteiger partial charge in [-0.05, 0) is 36.2 Å². The topological polar surface area (TPSA) is 132 Å². The summed E-state index contributed by atoms with van der Waals surface area (Å²) in [6.45, 7) is 10.2. The molecule has 0 aliphatic heterocycles. The smallest absolute Gasteiger partial charge is 0.324 e. The van der Waals surface area contributed by atoms with E-state index in [1.807, 2.05) is 50.2 Å². The number of carbonyl (C=O) groups excluding carboxylic acids is 2. The number of hydrogen-bond acceptors (Lipinski definition) is 6. The molecule has 0 saturated heterocycles. The molecule has 2 aromatic carbocycles. The van der Waals surface area contributed by atoms with Gasteiger partial charge in [-0.25, -0.2) is 19.0 Å². The number of fused-ring (bicyclic) bond motifs is 1. The van der Waals surface area contributed by atoms with Gasteiger partial charge in [0.2, 0.25) is 0 Å². The van der Waals surface area contributed by atoms with Gasteiger partial charge < -0.3 is 11.1 Å². The third kappa shape index (κ3) is 5.15. The largest absolute Gasteiger partial charge is 0.382 e. The summed E-state index contributed by atoms with van der Waals surface area (Å²) in [6, 6.07) is 19.6. The number of nitrogens with one attached hydrogen (secondary N) is 2. The van der Waals surface area contributed by atoms with Gasteiger partial charge in [-0.1, -0.05) is 65.0 Å². The van der Waals surface area contributed by atoms with Crippen LogP contribution < -0.4 is 16.4 Å². The molecule has 4 N–H and O–H groups in total. The summed E-state index contributed by atoms with van der Waals surface area (Å²) in [7, 11) is 0. The first-order chi connectivity index (χ1) is 19.0. The lowest BCUT2D eigenvalue weighted by Crippen LogP contribution is -2.21. The van der Waals surface area contributed by atoms with Crippen LogP contribution in [0.25, 0.3) is 11.2 Å². The lowest BCUT2D eigenvalue weighted by atomic mass is 9.92. The molecule has 40 heavy (non-hydrogen) atoms. The number of aromatic nitrogens is 5. The SMILES string of the molecule is CC(C)c1cc(C(=O)c2cccc(NC(=O)Nc3cc(C(C)(C)C)nn3-c3ccccc3)c2)c2c(N)ncnn12. The Morgan fingerprint density at radius 2 is 1.70 bits per heavy atom. The van der Waals surface area contributed by atoms with Crippen molar-refractivity contribution in [2.24, 2.45) is 0 Å². The molecule has 0 aliphatic rings. The lowest BCUT2D eigenvalue weighted by Gasteiger charge is -2.14. The average Bonchev–Trinajstić information content (AvgIpc) is 3.52. The van der Waals surface area contributed by atoms with E-state index in [4.69, 9.17) is 10.8 Å². The van der Waals surface area contributed by atoms with Crippen molar-refractivity contribution in [3.8, 4) is 5.69 Å². The summed E-state index contributed by atoms with van der Waals surface area (Å²) in [4.78, 5) is 30.8. The number of ketones is 1. The van der Waals surface area contributed by atoms with Gasteiger partial charge >= 0.3 is 6.03 Å². The minimum Gasteiger partial charge on any atom is -0.382 e. The second kappa shape index (κ2) is 10.3. The van der Waals surface area contributed by atoms with Crippen LogP contribution >= 0.6 is 0 Å². The van der Waals surface area contributed by atoms with Crippen molar-refractivity contribution < 1.29 is 9.59 Å². The summed E-state index contributed by atoms with van der Waals surface area (Å²) >= 11 is 0. The predicted octanol–water partition coefficient (Wildman–Crippen LogP) is 5.79. The third-order valence-electron chi connectivity index (χ3n) is 6.55. The molecule has 2 amide bonds. The number of nitrogens with two attached hydrogens (primary N) is 1. The molecule has 0 atom stereocenters. The number of carbonyl (C=O) groups is 2. The van der Waals surface area contributed by atoms with E-state index in [9.17, 15) is 9.59 Å². The second-order valence-electron chi connectivity index (χ2n) is 10.9. The first kappa shape index (κ1) is 26.6. The first-order valence-corrected chi connectivity index (χ1v) is 13.0. The zero-order valence-electron chi connectivity index (χ0n) is 23.1. The number of nitrogens with zero attached hydrogens (tertiary/aromatic N) is 5. The molecule has 3 heterocycles. The van der Waals surface area contributed by atoms with Gasteiger partial charge in [-0.2, -0.15) is 10.2 Å².